The summed E-state index contributed by atoms with van der Waals surface area (Å²) >= 11 is 0. The average Bonchev–Trinajstić information content (AvgIpc) is 2.85. The van der Waals surface area contributed by atoms with Gasteiger partial charge in [-0.2, -0.15) is 0 Å². The van der Waals surface area contributed by atoms with E-state index in [1.807, 2.05) is 73.7 Å². The van der Waals surface area contributed by atoms with Crippen LogP contribution in [0.1, 0.15) is 18.2 Å². The Hall–Kier alpha value is -3.74. The Morgan fingerprint density at radius 3 is 2.50 bits per heavy atom. The normalized spacial score (nSPS) is 11.0. The maximum absolute atomic E-state index is 5.86. The molecule has 0 unspecified atom stereocenters. The van der Waals surface area contributed by atoms with Crippen molar-refractivity contribution in [3.05, 3.63) is 84.2 Å². The second kappa shape index (κ2) is 12.8. The minimum absolute atomic E-state index is 0.436. The van der Waals surface area contributed by atoms with Gasteiger partial charge in [0.05, 0.1) is 25.9 Å². The predicted octanol–water partition coefficient (Wildman–Crippen LogP) is 3.80. The number of ether oxygens (including phenoxy) is 3. The van der Waals surface area contributed by atoms with Gasteiger partial charge in [0, 0.05) is 12.7 Å². The van der Waals surface area contributed by atoms with Gasteiger partial charge < -0.3 is 24.8 Å². The molecule has 0 spiro atoms. The van der Waals surface area contributed by atoms with Gasteiger partial charge in [-0.15, -0.1) is 0 Å². The molecule has 7 nitrogen and oxygen atoms in total. The summed E-state index contributed by atoms with van der Waals surface area (Å²) in [6.45, 7) is 4.94. The number of methoxy groups -OCH3 is 1. The molecule has 168 valence electrons. The lowest BCUT2D eigenvalue weighted by Crippen LogP contribution is -2.39. The van der Waals surface area contributed by atoms with Crippen molar-refractivity contribution in [2.75, 3.05) is 26.8 Å². The number of aromatic nitrogens is 1. The van der Waals surface area contributed by atoms with Gasteiger partial charge in [0.2, 0.25) is 0 Å². The molecule has 0 aliphatic rings. The standard InChI is InChI=1S/C25H30N4O3/c1-3-26-25(28-15-16-31-23-12-10-22(30-2)11-13-23)29-18-20-7-6-9-24(17-20)32-19-21-8-4-5-14-27-21/h4-14,17H,3,15-16,18-19H2,1-2H3,(H2,26,28,29). The third-order valence-electron chi connectivity index (χ3n) is 4.50. The maximum atomic E-state index is 5.86. The lowest BCUT2D eigenvalue weighted by Gasteiger charge is -2.12. The lowest BCUT2D eigenvalue weighted by atomic mass is 10.2. The Morgan fingerprint density at radius 2 is 1.75 bits per heavy atom. The van der Waals surface area contributed by atoms with Crippen molar-refractivity contribution in [3.8, 4) is 17.2 Å². The molecule has 0 saturated carbocycles. The van der Waals surface area contributed by atoms with Crippen LogP contribution in [-0.4, -0.2) is 37.7 Å². The number of nitrogens with zero attached hydrogens (tertiary/aromatic N) is 2. The van der Waals surface area contributed by atoms with Crippen LogP contribution >= 0.6 is 0 Å². The van der Waals surface area contributed by atoms with Crippen LogP contribution in [0.25, 0.3) is 0 Å². The first-order chi connectivity index (χ1) is 15.8. The van der Waals surface area contributed by atoms with Crippen molar-refractivity contribution in [1.29, 1.82) is 0 Å². The molecule has 0 saturated heterocycles. The van der Waals surface area contributed by atoms with Gasteiger partial charge in [-0.3, -0.25) is 4.98 Å². The topological polar surface area (TPSA) is 77.0 Å². The molecule has 2 N–H and O–H groups in total. The number of nitrogens with one attached hydrogen (secondary N) is 2. The van der Waals surface area contributed by atoms with E-state index in [4.69, 9.17) is 14.2 Å². The molecule has 1 aromatic heterocycles. The number of pyridine rings is 1. The van der Waals surface area contributed by atoms with Crippen LogP contribution in [-0.2, 0) is 13.2 Å². The van der Waals surface area contributed by atoms with Gasteiger partial charge in [0.1, 0.15) is 30.5 Å². The zero-order chi connectivity index (χ0) is 22.4. The molecule has 32 heavy (non-hydrogen) atoms. The third-order valence-corrected chi connectivity index (χ3v) is 4.50. The van der Waals surface area contributed by atoms with Gasteiger partial charge in [0.25, 0.3) is 0 Å². The number of rotatable bonds is 11. The van der Waals surface area contributed by atoms with Crippen molar-refractivity contribution in [2.45, 2.75) is 20.1 Å². The van der Waals surface area contributed by atoms with E-state index in [0.29, 0.717) is 26.3 Å². The summed E-state index contributed by atoms with van der Waals surface area (Å²) in [5.41, 5.74) is 1.96. The highest BCUT2D eigenvalue weighted by atomic mass is 16.5. The number of hydrogen-bond acceptors (Lipinski definition) is 5. The summed E-state index contributed by atoms with van der Waals surface area (Å²) in [5, 5.41) is 6.55. The molecule has 0 amide bonds. The number of guanidine groups is 1. The van der Waals surface area contributed by atoms with Gasteiger partial charge in [-0.05, 0) is 61.0 Å². The molecule has 0 radical (unpaired) electrons. The first kappa shape index (κ1) is 22.9. The van der Waals surface area contributed by atoms with Gasteiger partial charge in [-0.1, -0.05) is 18.2 Å². The summed E-state index contributed by atoms with van der Waals surface area (Å²) in [6.07, 6.45) is 1.77. The van der Waals surface area contributed by atoms with Crippen LogP contribution in [0.15, 0.2) is 77.9 Å². The summed E-state index contributed by atoms with van der Waals surface area (Å²) in [6, 6.07) is 21.3. The van der Waals surface area contributed by atoms with Crippen molar-refractivity contribution < 1.29 is 14.2 Å². The van der Waals surface area contributed by atoms with Crippen LogP contribution in [0, 0.1) is 0 Å². The Bertz CT molecular complexity index is 962. The first-order valence-electron chi connectivity index (χ1n) is 10.7. The molecule has 1 heterocycles. The Labute approximate surface area is 189 Å². The second-order valence-electron chi connectivity index (χ2n) is 6.90. The van der Waals surface area contributed by atoms with E-state index < -0.39 is 0 Å². The maximum Gasteiger partial charge on any atom is 0.191 e. The molecule has 0 bridgehead atoms. The smallest absolute Gasteiger partial charge is 0.191 e. The van der Waals surface area contributed by atoms with E-state index in [1.54, 1.807) is 13.3 Å². The van der Waals surface area contributed by atoms with Gasteiger partial charge >= 0.3 is 0 Å². The Morgan fingerprint density at radius 1 is 0.906 bits per heavy atom. The summed E-state index contributed by atoms with van der Waals surface area (Å²) in [4.78, 5) is 8.94. The van der Waals surface area contributed by atoms with Crippen molar-refractivity contribution in [2.24, 2.45) is 4.99 Å². The molecule has 0 aliphatic carbocycles. The predicted molar refractivity (Wildman–Crippen MR) is 126 cm³/mol. The fourth-order valence-electron chi connectivity index (χ4n) is 2.90. The second-order valence-corrected chi connectivity index (χ2v) is 6.90. The van der Waals surface area contributed by atoms with E-state index in [-0.39, 0.29) is 0 Å². The van der Waals surface area contributed by atoms with Crippen molar-refractivity contribution >= 4 is 5.96 Å². The molecule has 7 heteroatoms. The molecular weight excluding hydrogens is 404 g/mol. The fourth-order valence-corrected chi connectivity index (χ4v) is 2.90. The van der Waals surface area contributed by atoms with Crippen LogP contribution in [0.4, 0.5) is 0 Å². The minimum Gasteiger partial charge on any atom is -0.497 e. The lowest BCUT2D eigenvalue weighted by molar-refractivity contribution is 0.301. The third kappa shape index (κ3) is 7.83. The minimum atomic E-state index is 0.436. The molecule has 0 atom stereocenters. The van der Waals surface area contributed by atoms with Crippen LogP contribution < -0.4 is 24.8 Å². The molecule has 0 fully saturated rings. The largest absolute Gasteiger partial charge is 0.497 e. The fraction of sp³-hybridized carbons (Fsp3) is 0.280. The quantitative estimate of drug-likeness (QED) is 0.272. The van der Waals surface area contributed by atoms with Crippen molar-refractivity contribution in [1.82, 2.24) is 15.6 Å². The highest BCUT2D eigenvalue weighted by Gasteiger charge is 2.01. The van der Waals surface area contributed by atoms with Gasteiger partial charge in [0.15, 0.2) is 5.96 Å². The van der Waals surface area contributed by atoms with E-state index in [2.05, 4.69) is 20.6 Å². The number of aliphatic imine (C=N–C) groups is 1. The molecule has 2 aromatic carbocycles. The highest BCUT2D eigenvalue weighted by Crippen LogP contribution is 2.17. The highest BCUT2D eigenvalue weighted by molar-refractivity contribution is 5.79. The molecule has 3 aromatic rings. The molecule has 3 rings (SSSR count). The number of benzene rings is 2. The summed E-state index contributed by atoms with van der Waals surface area (Å²) < 4.78 is 16.8. The SMILES string of the molecule is CCNC(=NCc1cccc(OCc2ccccn2)c1)NCCOc1ccc(OC)cc1. The summed E-state index contributed by atoms with van der Waals surface area (Å²) in [5.74, 6) is 3.15. The van der Waals surface area contributed by atoms with Gasteiger partial charge in [-0.25, -0.2) is 4.99 Å². The first-order valence-corrected chi connectivity index (χ1v) is 10.7. The van der Waals surface area contributed by atoms with E-state index in [0.717, 1.165) is 41.0 Å². The van der Waals surface area contributed by atoms with E-state index >= 15 is 0 Å². The molecule has 0 aliphatic heterocycles. The van der Waals surface area contributed by atoms with E-state index in [9.17, 15) is 0 Å². The van der Waals surface area contributed by atoms with E-state index in [1.165, 1.54) is 0 Å². The number of hydrogen-bond donors (Lipinski definition) is 2. The Balaban J connectivity index is 1.47. The van der Waals surface area contributed by atoms with Crippen LogP contribution in [0.3, 0.4) is 0 Å². The van der Waals surface area contributed by atoms with Crippen molar-refractivity contribution in [3.63, 3.8) is 0 Å². The zero-order valence-electron chi connectivity index (χ0n) is 18.6. The van der Waals surface area contributed by atoms with Crippen LogP contribution in [0.5, 0.6) is 17.2 Å². The average molecular weight is 435 g/mol. The monoisotopic (exact) mass is 434 g/mol. The Kier molecular flexibility index (Phi) is 9.20. The zero-order valence-corrected chi connectivity index (χ0v) is 18.6. The molecular formula is C25H30N4O3. The summed E-state index contributed by atoms with van der Waals surface area (Å²) in [7, 11) is 1.65. The van der Waals surface area contributed by atoms with Crippen LogP contribution in [0.2, 0.25) is 0 Å².